The van der Waals surface area contributed by atoms with Gasteiger partial charge >= 0.3 is 6.09 Å². The first-order valence-electron chi connectivity index (χ1n) is 12.3. The number of anilines is 3. The largest absolute Gasteiger partial charge is 0.487 e. The van der Waals surface area contributed by atoms with E-state index in [0.29, 0.717) is 51.0 Å². The second-order valence-corrected chi connectivity index (χ2v) is 8.94. The third-order valence-electron chi connectivity index (χ3n) is 5.52. The van der Waals surface area contributed by atoms with Crippen molar-refractivity contribution in [2.45, 2.75) is 26.4 Å². The minimum absolute atomic E-state index is 0.171. The van der Waals surface area contributed by atoms with Crippen LogP contribution in [0.1, 0.15) is 25.3 Å². The molecule has 3 N–H and O–H groups in total. The monoisotopic (exact) mass is 551 g/mol. The molecule has 0 radical (unpaired) electrons. The van der Waals surface area contributed by atoms with Crippen molar-refractivity contribution in [1.29, 1.82) is 0 Å². The summed E-state index contributed by atoms with van der Waals surface area (Å²) < 4.78 is 24.1. The van der Waals surface area contributed by atoms with Crippen LogP contribution in [0.3, 0.4) is 0 Å². The van der Waals surface area contributed by atoms with Crippen molar-refractivity contribution in [3.05, 3.63) is 83.4 Å². The van der Waals surface area contributed by atoms with Crippen LogP contribution in [0.4, 0.5) is 26.4 Å². The molecule has 0 unspecified atom stereocenters. The number of carbonyl (C=O) groups excluding carboxylic acids is 2. The average molecular weight is 552 g/mol. The third kappa shape index (κ3) is 8.02. The number of rotatable bonds is 11. The minimum Gasteiger partial charge on any atom is -0.487 e. The van der Waals surface area contributed by atoms with Crippen LogP contribution in [-0.2, 0) is 16.1 Å². The Bertz CT molecular complexity index is 1470. The summed E-state index contributed by atoms with van der Waals surface area (Å²) in [6.45, 7) is 2.24. The minimum atomic E-state index is -0.638. The Morgan fingerprint density at radius 2 is 1.87 bits per heavy atom. The number of hydrogen-bond acceptors (Lipinski definition) is 7. The van der Waals surface area contributed by atoms with Crippen LogP contribution >= 0.6 is 11.6 Å². The van der Waals surface area contributed by atoms with Crippen molar-refractivity contribution in [3.8, 4) is 5.75 Å². The summed E-state index contributed by atoms with van der Waals surface area (Å²) in [5, 5.41) is 9.40. The fourth-order valence-corrected chi connectivity index (χ4v) is 3.81. The number of aromatic nitrogens is 2. The number of nitrogens with one attached hydrogen (secondary N) is 3. The van der Waals surface area contributed by atoms with Crippen LogP contribution in [0.5, 0.6) is 5.75 Å². The van der Waals surface area contributed by atoms with Crippen molar-refractivity contribution in [2.75, 3.05) is 23.8 Å². The Labute approximate surface area is 229 Å². The summed E-state index contributed by atoms with van der Waals surface area (Å²) in [5.41, 5.74) is 2.50. The highest BCUT2D eigenvalue weighted by atomic mass is 35.5. The Balaban J connectivity index is 1.40. The Kier molecular flexibility index (Phi) is 9.47. The molecule has 4 rings (SSSR count). The number of benzene rings is 3. The molecule has 2 amide bonds. The van der Waals surface area contributed by atoms with Gasteiger partial charge in [-0.15, -0.1) is 0 Å². The molecule has 0 saturated carbocycles. The number of ether oxygens (including phenoxy) is 2. The van der Waals surface area contributed by atoms with E-state index in [1.54, 1.807) is 48.5 Å². The van der Waals surface area contributed by atoms with Gasteiger partial charge < -0.3 is 25.4 Å². The Hall–Kier alpha value is -4.44. The number of fused-ring (bicyclic) bond motifs is 1. The molecule has 0 saturated heterocycles. The fourth-order valence-electron chi connectivity index (χ4n) is 3.57. The molecule has 1 aromatic heterocycles. The lowest BCUT2D eigenvalue weighted by atomic mass is 10.2. The van der Waals surface area contributed by atoms with Gasteiger partial charge in [0.05, 0.1) is 17.1 Å². The van der Waals surface area contributed by atoms with E-state index < -0.39 is 12.0 Å². The van der Waals surface area contributed by atoms with E-state index in [0.717, 1.165) is 12.8 Å². The maximum Gasteiger partial charge on any atom is 0.407 e. The molecule has 0 atom stereocenters. The van der Waals surface area contributed by atoms with Gasteiger partial charge in [-0.2, -0.15) is 0 Å². The standard InChI is InChI=1S/C28H27ClFN5O4/c1-2-3-11-38-28(37)31-15-26(36)34-20-7-9-24-22(13-20)27(33-17-32-24)35-21-8-10-25(23(29)14-21)39-16-18-5-4-6-19(30)12-18/h4-10,12-14,17H,2-3,11,15-16H2,1H3,(H,31,37)(H,34,36)(H,32,33,35). The maximum absolute atomic E-state index is 13.4. The van der Waals surface area contributed by atoms with E-state index in [2.05, 4.69) is 25.9 Å². The lowest BCUT2D eigenvalue weighted by Gasteiger charge is -2.13. The molecule has 202 valence electrons. The Morgan fingerprint density at radius 3 is 2.67 bits per heavy atom. The van der Waals surface area contributed by atoms with E-state index >= 15 is 0 Å². The quantitative estimate of drug-likeness (QED) is 0.190. The normalized spacial score (nSPS) is 10.6. The predicted octanol–water partition coefficient (Wildman–Crippen LogP) is 6.21. The highest BCUT2D eigenvalue weighted by Gasteiger charge is 2.11. The van der Waals surface area contributed by atoms with E-state index in [4.69, 9.17) is 21.1 Å². The molecule has 9 nitrogen and oxygen atoms in total. The number of unbranched alkanes of at least 4 members (excludes halogenated alkanes) is 1. The van der Waals surface area contributed by atoms with Gasteiger partial charge in [0.1, 0.15) is 36.9 Å². The van der Waals surface area contributed by atoms with Gasteiger partial charge in [-0.3, -0.25) is 4.79 Å². The van der Waals surface area contributed by atoms with Crippen molar-refractivity contribution in [3.63, 3.8) is 0 Å². The van der Waals surface area contributed by atoms with Crippen LogP contribution in [-0.4, -0.2) is 35.1 Å². The van der Waals surface area contributed by atoms with Crippen molar-refractivity contribution in [2.24, 2.45) is 0 Å². The van der Waals surface area contributed by atoms with Gasteiger partial charge in [-0.05, 0) is 60.5 Å². The van der Waals surface area contributed by atoms with Crippen LogP contribution in [0.2, 0.25) is 5.02 Å². The van der Waals surface area contributed by atoms with Gasteiger partial charge in [0, 0.05) is 16.8 Å². The number of carbonyl (C=O) groups is 2. The SMILES string of the molecule is CCCCOC(=O)NCC(=O)Nc1ccc2ncnc(Nc3ccc(OCc4cccc(F)c4)c(Cl)c3)c2c1. The maximum atomic E-state index is 13.4. The molecule has 0 fully saturated rings. The second kappa shape index (κ2) is 13.4. The first kappa shape index (κ1) is 27.6. The highest BCUT2D eigenvalue weighted by Crippen LogP contribution is 2.31. The molecular formula is C28H27ClFN5O4. The number of hydrogen-bond donors (Lipinski definition) is 3. The van der Waals surface area contributed by atoms with E-state index in [-0.39, 0.29) is 19.0 Å². The second-order valence-electron chi connectivity index (χ2n) is 8.53. The lowest BCUT2D eigenvalue weighted by molar-refractivity contribution is -0.115. The molecule has 1 heterocycles. The predicted molar refractivity (Wildman–Crippen MR) is 148 cm³/mol. The van der Waals surface area contributed by atoms with Crippen LogP contribution in [0, 0.1) is 5.82 Å². The van der Waals surface area contributed by atoms with Gasteiger partial charge in [-0.1, -0.05) is 37.1 Å². The number of amides is 2. The zero-order valence-electron chi connectivity index (χ0n) is 21.2. The molecule has 4 aromatic rings. The molecular weight excluding hydrogens is 525 g/mol. The number of halogens is 2. The van der Waals surface area contributed by atoms with E-state index in [9.17, 15) is 14.0 Å². The molecule has 0 aliphatic heterocycles. The topological polar surface area (TPSA) is 114 Å². The van der Waals surface area contributed by atoms with Crippen LogP contribution in [0.25, 0.3) is 10.9 Å². The Morgan fingerprint density at radius 1 is 1.03 bits per heavy atom. The van der Waals surface area contributed by atoms with Gasteiger partial charge in [0.2, 0.25) is 5.91 Å². The zero-order chi connectivity index (χ0) is 27.6. The first-order chi connectivity index (χ1) is 18.9. The first-order valence-corrected chi connectivity index (χ1v) is 12.7. The smallest absolute Gasteiger partial charge is 0.407 e. The summed E-state index contributed by atoms with van der Waals surface area (Å²) >= 11 is 6.42. The van der Waals surface area contributed by atoms with Crippen LogP contribution in [0.15, 0.2) is 67.0 Å². The van der Waals surface area contributed by atoms with Crippen molar-refractivity contribution >= 4 is 51.7 Å². The molecule has 0 aliphatic rings. The number of alkyl carbamates (subject to hydrolysis) is 1. The van der Waals surface area contributed by atoms with E-state index in [1.807, 2.05) is 6.92 Å². The summed E-state index contributed by atoms with van der Waals surface area (Å²) in [5.74, 6) is 0.208. The van der Waals surface area contributed by atoms with E-state index in [1.165, 1.54) is 18.5 Å². The van der Waals surface area contributed by atoms with Gasteiger partial charge in [-0.25, -0.2) is 19.2 Å². The molecule has 39 heavy (non-hydrogen) atoms. The fraction of sp³-hybridized carbons (Fsp3) is 0.214. The average Bonchev–Trinajstić information content (AvgIpc) is 2.92. The van der Waals surface area contributed by atoms with Crippen LogP contribution < -0.4 is 20.7 Å². The summed E-state index contributed by atoms with van der Waals surface area (Å²) in [7, 11) is 0. The lowest BCUT2D eigenvalue weighted by Crippen LogP contribution is -2.33. The summed E-state index contributed by atoms with van der Waals surface area (Å²) in [6, 6.07) is 16.5. The molecule has 0 bridgehead atoms. The van der Waals surface area contributed by atoms with Crippen molar-refractivity contribution in [1.82, 2.24) is 15.3 Å². The number of nitrogens with zero attached hydrogens (tertiary/aromatic N) is 2. The molecule has 3 aromatic carbocycles. The van der Waals surface area contributed by atoms with Gasteiger partial charge in [0.25, 0.3) is 0 Å². The highest BCUT2D eigenvalue weighted by molar-refractivity contribution is 6.32. The molecule has 11 heteroatoms. The summed E-state index contributed by atoms with van der Waals surface area (Å²) in [6.07, 6.45) is 2.45. The molecule has 0 aliphatic carbocycles. The van der Waals surface area contributed by atoms with Gasteiger partial charge in [0.15, 0.2) is 0 Å². The molecule has 0 spiro atoms. The summed E-state index contributed by atoms with van der Waals surface area (Å²) in [4.78, 5) is 32.6. The third-order valence-corrected chi connectivity index (χ3v) is 5.82. The zero-order valence-corrected chi connectivity index (χ0v) is 21.9. The van der Waals surface area contributed by atoms with Crippen molar-refractivity contribution < 1.29 is 23.5 Å².